The van der Waals surface area contributed by atoms with E-state index in [1.165, 1.54) is 0 Å². The van der Waals surface area contributed by atoms with Gasteiger partial charge in [0.1, 0.15) is 0 Å². The van der Waals surface area contributed by atoms with Crippen molar-refractivity contribution in [2.24, 2.45) is 11.8 Å². The fraction of sp³-hybridized carbons (Fsp3) is 0.786. The maximum absolute atomic E-state index is 10.4. The Morgan fingerprint density at radius 1 is 1.50 bits per heavy atom. The number of aliphatic hydroxyl groups is 2. The van der Waals surface area contributed by atoms with Gasteiger partial charge in [0.05, 0.1) is 12.2 Å². The Hall–Kier alpha value is -1.11. The summed E-state index contributed by atoms with van der Waals surface area (Å²) in [6.07, 6.45) is 3.05. The molecule has 2 aliphatic carbocycles. The van der Waals surface area contributed by atoms with Crippen molar-refractivity contribution < 1.29 is 25.0 Å². The quantitative estimate of drug-likeness (QED) is 0.492. The normalized spacial score (nSPS) is 29.9. The van der Waals surface area contributed by atoms with Gasteiger partial charge in [-0.05, 0) is 49.5 Å². The molecule has 0 radical (unpaired) electrons. The number of hydroxylamine groups is 1. The van der Waals surface area contributed by atoms with Crippen LogP contribution in [0.1, 0.15) is 39.0 Å². The highest BCUT2D eigenvalue weighted by Gasteiger charge is 2.45. The molecule has 1 fully saturated rings. The molecule has 4 unspecified atom stereocenters. The molecular formula is C14H23NO5. The molecule has 114 valence electrons. The molecule has 0 saturated heterocycles. The lowest BCUT2D eigenvalue weighted by molar-refractivity contribution is -0.144. The number of nitrogens with one attached hydrogen (secondary N) is 1. The number of carboxylic acid groups (broad SMARTS) is 1. The van der Waals surface area contributed by atoms with E-state index in [1.807, 2.05) is 6.92 Å². The molecule has 0 aliphatic heterocycles. The summed E-state index contributed by atoms with van der Waals surface area (Å²) in [7, 11) is 0. The first-order valence-electron chi connectivity index (χ1n) is 7.20. The van der Waals surface area contributed by atoms with Crippen LogP contribution in [0.25, 0.3) is 0 Å². The van der Waals surface area contributed by atoms with Crippen LogP contribution in [0.15, 0.2) is 11.3 Å². The minimum atomic E-state index is -1.02. The number of fused-ring (bicyclic) bond motifs is 1. The van der Waals surface area contributed by atoms with Crippen molar-refractivity contribution in [3.05, 3.63) is 11.3 Å². The van der Waals surface area contributed by atoms with E-state index in [0.29, 0.717) is 12.3 Å². The lowest BCUT2D eigenvalue weighted by atomic mass is 9.77. The molecule has 4 N–H and O–H groups in total. The molecule has 0 amide bonds. The van der Waals surface area contributed by atoms with Crippen LogP contribution in [0.5, 0.6) is 0 Å². The van der Waals surface area contributed by atoms with E-state index in [9.17, 15) is 15.0 Å². The standard InChI is InChI=1S/C14H23NO5/c1-2-8(16)3-4-9-10-5-12(11(10)6-13(9)17)15-20-7-14(18)19/h8-10,13,15-17H,2-7H2,1H3,(H,18,19). The van der Waals surface area contributed by atoms with Gasteiger partial charge >= 0.3 is 5.97 Å². The van der Waals surface area contributed by atoms with Gasteiger partial charge in [-0.25, -0.2) is 4.79 Å². The van der Waals surface area contributed by atoms with Crippen LogP contribution in [0.4, 0.5) is 0 Å². The number of aliphatic hydroxyl groups excluding tert-OH is 2. The van der Waals surface area contributed by atoms with Crippen LogP contribution >= 0.6 is 0 Å². The molecular weight excluding hydrogens is 262 g/mol. The summed E-state index contributed by atoms with van der Waals surface area (Å²) < 4.78 is 0. The van der Waals surface area contributed by atoms with Crippen molar-refractivity contribution in [1.29, 1.82) is 0 Å². The highest BCUT2D eigenvalue weighted by Crippen LogP contribution is 2.50. The molecule has 6 heteroatoms. The van der Waals surface area contributed by atoms with Crippen LogP contribution in [0.3, 0.4) is 0 Å². The smallest absolute Gasteiger partial charge is 0.332 e. The summed E-state index contributed by atoms with van der Waals surface area (Å²) in [6, 6.07) is 0. The fourth-order valence-corrected chi connectivity index (χ4v) is 3.17. The van der Waals surface area contributed by atoms with Gasteiger partial charge in [-0.1, -0.05) is 6.92 Å². The number of allylic oxidation sites excluding steroid dienone is 1. The topological polar surface area (TPSA) is 99.0 Å². The molecule has 2 aliphatic rings. The number of hydrogen-bond donors (Lipinski definition) is 4. The van der Waals surface area contributed by atoms with Gasteiger partial charge in [-0.15, -0.1) is 0 Å². The Morgan fingerprint density at radius 3 is 2.90 bits per heavy atom. The van der Waals surface area contributed by atoms with E-state index in [2.05, 4.69) is 5.48 Å². The second-order valence-corrected chi connectivity index (χ2v) is 5.67. The SMILES string of the molecule is CCC(O)CCC1C(O)CC2=C(NOCC(=O)O)CC21. The van der Waals surface area contributed by atoms with E-state index >= 15 is 0 Å². The first kappa shape index (κ1) is 15.3. The van der Waals surface area contributed by atoms with Crippen molar-refractivity contribution in [1.82, 2.24) is 5.48 Å². The zero-order valence-electron chi connectivity index (χ0n) is 11.7. The Balaban J connectivity index is 1.83. The second kappa shape index (κ2) is 6.56. The Labute approximate surface area is 118 Å². The molecule has 2 rings (SSSR count). The molecule has 6 nitrogen and oxygen atoms in total. The number of hydrogen-bond acceptors (Lipinski definition) is 5. The highest BCUT2D eigenvalue weighted by molar-refractivity contribution is 5.67. The Kier molecular flexibility index (Phi) is 5.01. The van der Waals surface area contributed by atoms with Crippen LogP contribution in [-0.4, -0.2) is 40.1 Å². The van der Waals surface area contributed by atoms with E-state index in [0.717, 1.165) is 37.0 Å². The number of rotatable bonds is 8. The predicted molar refractivity (Wildman–Crippen MR) is 71.5 cm³/mol. The lowest BCUT2D eigenvalue weighted by Crippen LogP contribution is -2.31. The molecule has 20 heavy (non-hydrogen) atoms. The summed E-state index contributed by atoms with van der Waals surface area (Å²) in [5.74, 6) is -0.460. The average molecular weight is 285 g/mol. The zero-order chi connectivity index (χ0) is 14.7. The van der Waals surface area contributed by atoms with Gasteiger partial charge in [-0.3, -0.25) is 10.3 Å². The zero-order valence-corrected chi connectivity index (χ0v) is 11.7. The van der Waals surface area contributed by atoms with Crippen molar-refractivity contribution in [3.63, 3.8) is 0 Å². The summed E-state index contributed by atoms with van der Waals surface area (Å²) in [5.41, 5.74) is 4.74. The minimum absolute atomic E-state index is 0.205. The molecule has 0 spiro atoms. The van der Waals surface area contributed by atoms with Crippen molar-refractivity contribution >= 4 is 5.97 Å². The fourth-order valence-electron chi connectivity index (χ4n) is 3.17. The molecule has 0 heterocycles. The lowest BCUT2D eigenvalue weighted by Gasteiger charge is -2.32. The van der Waals surface area contributed by atoms with Gasteiger partial charge in [0.25, 0.3) is 0 Å². The van der Waals surface area contributed by atoms with Crippen molar-refractivity contribution in [2.75, 3.05) is 6.61 Å². The first-order chi connectivity index (χ1) is 9.52. The predicted octanol–water partition coefficient (Wildman–Crippen LogP) is 0.798. The van der Waals surface area contributed by atoms with Gasteiger partial charge < -0.3 is 15.3 Å². The van der Waals surface area contributed by atoms with Crippen LogP contribution < -0.4 is 5.48 Å². The van der Waals surface area contributed by atoms with E-state index in [-0.39, 0.29) is 24.7 Å². The Bertz CT molecular complexity index is 395. The number of carboxylic acids is 1. The summed E-state index contributed by atoms with van der Waals surface area (Å²) >= 11 is 0. The van der Waals surface area contributed by atoms with E-state index in [1.54, 1.807) is 0 Å². The molecule has 0 aromatic heterocycles. The summed E-state index contributed by atoms with van der Waals surface area (Å²) in [4.78, 5) is 15.2. The van der Waals surface area contributed by atoms with Crippen molar-refractivity contribution in [3.8, 4) is 0 Å². The van der Waals surface area contributed by atoms with Gasteiger partial charge in [-0.2, -0.15) is 0 Å². The van der Waals surface area contributed by atoms with Crippen molar-refractivity contribution in [2.45, 2.75) is 51.2 Å². The third-order valence-corrected chi connectivity index (χ3v) is 4.39. The largest absolute Gasteiger partial charge is 0.479 e. The maximum Gasteiger partial charge on any atom is 0.332 e. The monoisotopic (exact) mass is 285 g/mol. The maximum atomic E-state index is 10.4. The molecule has 0 aromatic rings. The van der Waals surface area contributed by atoms with E-state index in [4.69, 9.17) is 9.94 Å². The molecule has 1 saturated carbocycles. The molecule has 4 atom stereocenters. The number of aliphatic carboxylic acids is 1. The Morgan fingerprint density at radius 2 is 2.25 bits per heavy atom. The third-order valence-electron chi connectivity index (χ3n) is 4.39. The summed E-state index contributed by atoms with van der Waals surface area (Å²) in [6.45, 7) is 1.57. The number of carbonyl (C=O) groups is 1. The average Bonchev–Trinajstić information content (AvgIpc) is 2.64. The molecule has 0 bridgehead atoms. The first-order valence-corrected chi connectivity index (χ1v) is 7.20. The summed E-state index contributed by atoms with van der Waals surface area (Å²) in [5, 5.41) is 28.2. The van der Waals surface area contributed by atoms with Crippen LogP contribution in [0, 0.1) is 11.8 Å². The second-order valence-electron chi connectivity index (χ2n) is 5.67. The van der Waals surface area contributed by atoms with Gasteiger partial charge in [0.15, 0.2) is 6.61 Å². The van der Waals surface area contributed by atoms with Crippen LogP contribution in [-0.2, 0) is 9.63 Å². The molecule has 0 aromatic carbocycles. The van der Waals surface area contributed by atoms with Crippen LogP contribution in [0.2, 0.25) is 0 Å². The van der Waals surface area contributed by atoms with Gasteiger partial charge in [0, 0.05) is 5.70 Å². The minimum Gasteiger partial charge on any atom is -0.479 e. The highest BCUT2D eigenvalue weighted by atomic mass is 16.7. The third kappa shape index (κ3) is 3.31. The van der Waals surface area contributed by atoms with E-state index < -0.39 is 5.97 Å². The van der Waals surface area contributed by atoms with Gasteiger partial charge in [0.2, 0.25) is 0 Å².